The van der Waals surface area contributed by atoms with E-state index in [4.69, 9.17) is 0 Å². The van der Waals surface area contributed by atoms with Gasteiger partial charge in [-0.3, -0.25) is 0 Å². The van der Waals surface area contributed by atoms with Gasteiger partial charge in [-0.2, -0.15) is 0 Å². The fourth-order valence-corrected chi connectivity index (χ4v) is 5.67. The summed E-state index contributed by atoms with van der Waals surface area (Å²) in [6.07, 6.45) is 3.59. The fourth-order valence-electron chi connectivity index (χ4n) is 3.96. The maximum atomic E-state index is 11.9. The van der Waals surface area contributed by atoms with Crippen LogP contribution in [0, 0.1) is 28.6 Å². The molecule has 3 unspecified atom stereocenters. The smallest absolute Gasteiger partial charge is 0.148 e. The highest BCUT2D eigenvalue weighted by Crippen LogP contribution is 2.61. The van der Waals surface area contributed by atoms with E-state index in [0.29, 0.717) is 23.5 Å². The third kappa shape index (κ3) is 2.61. The third-order valence-electron chi connectivity index (χ3n) is 5.93. The minimum Gasteiger partial charge on any atom is -0.229 e. The van der Waals surface area contributed by atoms with E-state index < -0.39 is 9.84 Å². The fraction of sp³-hybridized carbons (Fsp3) is 1.00. The molecule has 0 spiro atoms. The van der Waals surface area contributed by atoms with Crippen molar-refractivity contribution in [3.63, 3.8) is 0 Å². The molecular formula is C15H30O2S. The van der Waals surface area contributed by atoms with Crippen LogP contribution < -0.4 is 0 Å². The first-order chi connectivity index (χ1) is 7.94. The summed E-state index contributed by atoms with van der Waals surface area (Å²) in [5.41, 5.74) is 0.0356. The van der Waals surface area contributed by atoms with Crippen LogP contribution in [0.5, 0.6) is 0 Å². The molecule has 0 bridgehead atoms. The third-order valence-corrected chi connectivity index (χ3v) is 6.97. The van der Waals surface area contributed by atoms with E-state index >= 15 is 0 Å². The van der Waals surface area contributed by atoms with Gasteiger partial charge in [0.1, 0.15) is 9.84 Å². The molecule has 1 fully saturated rings. The molecule has 0 aromatic heterocycles. The topological polar surface area (TPSA) is 34.1 Å². The summed E-state index contributed by atoms with van der Waals surface area (Å²) < 4.78 is 23.8. The zero-order valence-corrected chi connectivity index (χ0v) is 13.9. The second-order valence-corrected chi connectivity index (χ2v) is 9.56. The summed E-state index contributed by atoms with van der Waals surface area (Å²) in [7, 11) is -2.94. The normalized spacial score (nSPS) is 33.9. The van der Waals surface area contributed by atoms with Crippen molar-refractivity contribution in [3.8, 4) is 0 Å². The van der Waals surface area contributed by atoms with Crippen LogP contribution in [0.1, 0.15) is 54.4 Å². The first kappa shape index (κ1) is 16.0. The Morgan fingerprint density at radius 2 is 1.72 bits per heavy atom. The van der Waals surface area contributed by atoms with Crippen LogP contribution in [0.25, 0.3) is 0 Å². The second-order valence-electron chi connectivity index (χ2n) is 7.42. The lowest BCUT2D eigenvalue weighted by atomic mass is 9.58. The Bertz CT molecular complexity index is 395. The SMILES string of the molecule is CC(C)C(C)C1(CS(C)(=O)=O)CCC(C)C1(C)C. The number of rotatable bonds is 4. The average Bonchev–Trinajstić information content (AvgIpc) is 2.39. The molecule has 0 radical (unpaired) electrons. The van der Waals surface area contributed by atoms with Gasteiger partial charge in [0.25, 0.3) is 0 Å². The van der Waals surface area contributed by atoms with Crippen LogP contribution in [0.2, 0.25) is 0 Å². The van der Waals surface area contributed by atoms with E-state index in [1.54, 1.807) is 0 Å². The minimum atomic E-state index is -2.94. The van der Waals surface area contributed by atoms with Gasteiger partial charge in [-0.25, -0.2) is 8.42 Å². The molecule has 0 amide bonds. The zero-order valence-electron chi connectivity index (χ0n) is 13.1. The van der Waals surface area contributed by atoms with Crippen LogP contribution >= 0.6 is 0 Å². The van der Waals surface area contributed by atoms with E-state index in [1.165, 1.54) is 6.26 Å². The van der Waals surface area contributed by atoms with Crippen molar-refractivity contribution in [2.75, 3.05) is 12.0 Å². The Balaban J connectivity index is 3.27. The van der Waals surface area contributed by atoms with Gasteiger partial charge in [0, 0.05) is 6.26 Å². The van der Waals surface area contributed by atoms with Crippen LogP contribution in [0.3, 0.4) is 0 Å². The molecule has 0 aliphatic heterocycles. The maximum Gasteiger partial charge on any atom is 0.148 e. The number of hydrogen-bond donors (Lipinski definition) is 0. The number of hydrogen-bond acceptors (Lipinski definition) is 2. The summed E-state index contributed by atoms with van der Waals surface area (Å²) >= 11 is 0. The largest absolute Gasteiger partial charge is 0.229 e. The van der Waals surface area contributed by atoms with Gasteiger partial charge in [-0.1, -0.05) is 41.5 Å². The van der Waals surface area contributed by atoms with Crippen LogP contribution in [0.4, 0.5) is 0 Å². The van der Waals surface area contributed by atoms with Crippen molar-refractivity contribution in [1.82, 2.24) is 0 Å². The van der Waals surface area contributed by atoms with Gasteiger partial charge >= 0.3 is 0 Å². The molecule has 1 rings (SSSR count). The highest BCUT2D eigenvalue weighted by atomic mass is 32.2. The zero-order chi connectivity index (χ0) is 14.4. The van der Waals surface area contributed by atoms with Crippen molar-refractivity contribution in [3.05, 3.63) is 0 Å². The second kappa shape index (κ2) is 4.81. The summed E-state index contributed by atoms with van der Waals surface area (Å²) in [6.45, 7) is 13.5. The standard InChI is InChI=1S/C15H30O2S/c1-11(2)13(4)15(10-18(7,16)17)9-8-12(3)14(15,5)6/h11-13H,8-10H2,1-7H3. The molecule has 1 saturated carbocycles. The average molecular weight is 274 g/mol. The molecule has 0 aromatic carbocycles. The Morgan fingerprint density at radius 3 is 2.00 bits per heavy atom. The lowest BCUT2D eigenvalue weighted by Gasteiger charge is -2.49. The molecular weight excluding hydrogens is 244 g/mol. The Hall–Kier alpha value is -0.0500. The summed E-state index contributed by atoms with van der Waals surface area (Å²) in [6, 6.07) is 0. The molecule has 3 atom stereocenters. The Morgan fingerprint density at radius 1 is 1.22 bits per heavy atom. The molecule has 0 aromatic rings. The number of sulfone groups is 1. The van der Waals surface area contributed by atoms with Gasteiger partial charge in [0.15, 0.2) is 0 Å². The minimum absolute atomic E-state index is 0.0613. The van der Waals surface area contributed by atoms with Crippen molar-refractivity contribution in [1.29, 1.82) is 0 Å². The molecule has 0 N–H and O–H groups in total. The molecule has 0 saturated heterocycles. The van der Waals surface area contributed by atoms with E-state index in [2.05, 4.69) is 41.5 Å². The summed E-state index contributed by atoms with van der Waals surface area (Å²) in [5.74, 6) is 1.90. The lowest BCUT2D eigenvalue weighted by molar-refractivity contribution is 0.0204. The molecule has 0 heterocycles. The molecule has 2 nitrogen and oxygen atoms in total. The Labute approximate surface area is 113 Å². The van der Waals surface area contributed by atoms with Crippen LogP contribution in [-0.4, -0.2) is 20.4 Å². The molecule has 18 heavy (non-hydrogen) atoms. The van der Waals surface area contributed by atoms with E-state index in [1.807, 2.05) is 0 Å². The quantitative estimate of drug-likeness (QED) is 0.782. The Kier molecular flexibility index (Phi) is 4.27. The van der Waals surface area contributed by atoms with Gasteiger partial charge in [0.2, 0.25) is 0 Å². The van der Waals surface area contributed by atoms with Crippen molar-refractivity contribution >= 4 is 9.84 Å². The highest BCUT2D eigenvalue weighted by Gasteiger charge is 2.56. The first-order valence-corrected chi connectivity index (χ1v) is 9.18. The maximum absolute atomic E-state index is 11.9. The molecule has 3 heteroatoms. The van der Waals surface area contributed by atoms with Crippen molar-refractivity contribution in [2.45, 2.75) is 54.4 Å². The lowest BCUT2D eigenvalue weighted by Crippen LogP contribution is -2.47. The van der Waals surface area contributed by atoms with Crippen LogP contribution in [0.15, 0.2) is 0 Å². The predicted octanol–water partition coefficient (Wildman–Crippen LogP) is 3.77. The summed E-state index contributed by atoms with van der Waals surface area (Å²) in [5, 5.41) is 0. The predicted molar refractivity (Wildman–Crippen MR) is 78.3 cm³/mol. The van der Waals surface area contributed by atoms with Crippen molar-refractivity contribution in [2.24, 2.45) is 28.6 Å². The van der Waals surface area contributed by atoms with E-state index in [0.717, 1.165) is 12.8 Å². The monoisotopic (exact) mass is 274 g/mol. The van der Waals surface area contributed by atoms with Gasteiger partial charge < -0.3 is 0 Å². The molecule has 1 aliphatic carbocycles. The van der Waals surface area contributed by atoms with Gasteiger partial charge in [-0.05, 0) is 41.4 Å². The molecule has 1 aliphatic rings. The first-order valence-electron chi connectivity index (χ1n) is 7.12. The summed E-state index contributed by atoms with van der Waals surface area (Å²) in [4.78, 5) is 0. The highest BCUT2D eigenvalue weighted by molar-refractivity contribution is 7.90. The van der Waals surface area contributed by atoms with E-state index in [-0.39, 0.29) is 10.8 Å². The van der Waals surface area contributed by atoms with Gasteiger partial charge in [0.05, 0.1) is 5.75 Å². The van der Waals surface area contributed by atoms with Crippen molar-refractivity contribution < 1.29 is 8.42 Å². The van der Waals surface area contributed by atoms with Gasteiger partial charge in [-0.15, -0.1) is 0 Å². The van der Waals surface area contributed by atoms with E-state index in [9.17, 15) is 8.42 Å². The molecule has 108 valence electrons. The van der Waals surface area contributed by atoms with Crippen LogP contribution in [-0.2, 0) is 9.84 Å².